The lowest BCUT2D eigenvalue weighted by Gasteiger charge is -2.26. The first-order chi connectivity index (χ1) is 14.8. The number of halogens is 1. The van der Waals surface area contributed by atoms with E-state index in [4.69, 9.17) is 4.74 Å². The fourth-order valence-corrected chi connectivity index (χ4v) is 5.37. The predicted octanol–water partition coefficient (Wildman–Crippen LogP) is 4.46. The van der Waals surface area contributed by atoms with Gasteiger partial charge in [0.05, 0.1) is 17.8 Å². The summed E-state index contributed by atoms with van der Waals surface area (Å²) in [5, 5.41) is 1.10. The molecule has 164 valence electrons. The first-order valence-corrected chi connectivity index (χ1v) is 11.8. The van der Waals surface area contributed by atoms with E-state index in [1.54, 1.807) is 6.20 Å². The molecule has 1 aliphatic heterocycles. The molecule has 0 aliphatic carbocycles. The molecule has 0 fully saturated rings. The van der Waals surface area contributed by atoms with E-state index in [-0.39, 0.29) is 17.5 Å². The van der Waals surface area contributed by atoms with Crippen LogP contribution in [-0.2, 0) is 16.6 Å². The molecule has 0 unspecified atom stereocenters. The van der Waals surface area contributed by atoms with Gasteiger partial charge in [0.25, 0.3) is 0 Å². The van der Waals surface area contributed by atoms with E-state index in [1.807, 2.05) is 32.2 Å². The second kappa shape index (κ2) is 8.43. The monoisotopic (exact) mass is 443 g/mol. The Kier molecular flexibility index (Phi) is 5.85. The minimum absolute atomic E-state index is 0.123. The number of pyridine rings is 1. The van der Waals surface area contributed by atoms with Crippen LogP contribution >= 0.6 is 0 Å². The Morgan fingerprint density at radius 2 is 2.06 bits per heavy atom. The van der Waals surface area contributed by atoms with Crippen molar-refractivity contribution in [2.45, 2.75) is 44.7 Å². The molecule has 6 nitrogen and oxygen atoms in total. The minimum Gasteiger partial charge on any atom is -0.491 e. The molecule has 0 amide bonds. The van der Waals surface area contributed by atoms with Gasteiger partial charge in [-0.25, -0.2) is 12.8 Å². The Labute approximate surface area is 182 Å². The molecule has 0 radical (unpaired) electrons. The third-order valence-corrected chi connectivity index (χ3v) is 7.33. The van der Waals surface area contributed by atoms with Crippen LogP contribution in [0, 0.1) is 5.82 Å². The van der Waals surface area contributed by atoms with Crippen LogP contribution in [-0.4, -0.2) is 41.5 Å². The van der Waals surface area contributed by atoms with E-state index < -0.39 is 15.8 Å². The van der Waals surface area contributed by atoms with Crippen LogP contribution in [0.4, 0.5) is 4.39 Å². The highest BCUT2D eigenvalue weighted by Gasteiger charge is 2.29. The van der Waals surface area contributed by atoms with Crippen molar-refractivity contribution in [2.75, 3.05) is 13.1 Å². The highest BCUT2D eigenvalue weighted by atomic mass is 32.2. The van der Waals surface area contributed by atoms with Crippen LogP contribution in [0.5, 0.6) is 5.75 Å². The molecule has 0 spiro atoms. The number of rotatable bonds is 6. The second-order valence-electron chi connectivity index (χ2n) is 7.82. The van der Waals surface area contributed by atoms with Crippen molar-refractivity contribution < 1.29 is 17.5 Å². The van der Waals surface area contributed by atoms with E-state index in [0.717, 1.165) is 34.7 Å². The summed E-state index contributed by atoms with van der Waals surface area (Å²) in [6.45, 7) is 7.05. The molecular weight excluding hydrogens is 417 g/mol. The summed E-state index contributed by atoms with van der Waals surface area (Å²) in [5.74, 6) is -0.486. The minimum atomic E-state index is -3.94. The number of aromatic nitrogens is 2. The molecular formula is C23H26FN3O3S. The van der Waals surface area contributed by atoms with E-state index in [0.29, 0.717) is 18.7 Å². The zero-order valence-corrected chi connectivity index (χ0v) is 18.7. The van der Waals surface area contributed by atoms with E-state index in [9.17, 15) is 12.8 Å². The first kappa shape index (κ1) is 21.5. The number of benzene rings is 1. The standard InChI is InChI=1S/C23H26FN3O3S/c1-4-26-15-20(19-7-10-25-14-22(19)26)17-8-11-27(12-9-17)31(28,29)23-6-5-18(13-21(23)24)30-16(2)3/h5-8,10,13-16H,4,9,11-12H2,1-3H3. The SMILES string of the molecule is CCn1cc(C2=CCN(S(=O)(=O)c3ccc(OC(C)C)cc3F)CC2)c2ccncc21. The van der Waals surface area contributed by atoms with Crippen LogP contribution in [0.2, 0.25) is 0 Å². The van der Waals surface area contributed by atoms with Crippen molar-refractivity contribution in [1.82, 2.24) is 13.9 Å². The lowest BCUT2D eigenvalue weighted by molar-refractivity contribution is 0.241. The molecule has 3 heterocycles. The molecule has 2 aromatic heterocycles. The van der Waals surface area contributed by atoms with Gasteiger partial charge < -0.3 is 9.30 Å². The zero-order valence-electron chi connectivity index (χ0n) is 17.9. The average Bonchev–Trinajstić information content (AvgIpc) is 3.12. The largest absolute Gasteiger partial charge is 0.491 e. The number of aryl methyl sites for hydroxylation is 1. The van der Waals surface area contributed by atoms with Crippen molar-refractivity contribution in [1.29, 1.82) is 0 Å². The fraction of sp³-hybridized carbons (Fsp3) is 0.348. The van der Waals surface area contributed by atoms with E-state index in [1.165, 1.54) is 16.4 Å². The number of nitrogens with zero attached hydrogens (tertiary/aromatic N) is 3. The van der Waals surface area contributed by atoms with Crippen molar-refractivity contribution in [3.8, 4) is 5.75 Å². The number of hydrogen-bond donors (Lipinski definition) is 0. The maximum atomic E-state index is 14.6. The third kappa shape index (κ3) is 4.09. The molecule has 4 rings (SSSR count). The van der Waals surface area contributed by atoms with Gasteiger partial charge in [-0.1, -0.05) is 6.08 Å². The Hall–Kier alpha value is -2.71. The van der Waals surface area contributed by atoms with Gasteiger partial charge in [-0.15, -0.1) is 0 Å². The van der Waals surface area contributed by atoms with Crippen LogP contribution in [0.15, 0.2) is 53.8 Å². The van der Waals surface area contributed by atoms with Crippen molar-refractivity contribution in [3.05, 3.63) is 60.3 Å². The maximum absolute atomic E-state index is 14.6. The Morgan fingerprint density at radius 1 is 1.26 bits per heavy atom. The summed E-state index contributed by atoms with van der Waals surface area (Å²) >= 11 is 0. The molecule has 3 aromatic rings. The average molecular weight is 444 g/mol. The van der Waals surface area contributed by atoms with Gasteiger partial charge >= 0.3 is 0 Å². The smallest absolute Gasteiger partial charge is 0.246 e. The molecule has 0 N–H and O–H groups in total. The molecule has 8 heteroatoms. The van der Waals surface area contributed by atoms with Crippen LogP contribution in [0.25, 0.3) is 16.5 Å². The molecule has 0 bridgehead atoms. The Morgan fingerprint density at radius 3 is 2.71 bits per heavy atom. The third-order valence-electron chi connectivity index (χ3n) is 5.44. The zero-order chi connectivity index (χ0) is 22.2. The van der Waals surface area contributed by atoms with Gasteiger partial charge in [-0.05, 0) is 51.0 Å². The summed E-state index contributed by atoms with van der Waals surface area (Å²) in [6.07, 6.45) is 8.06. The summed E-state index contributed by atoms with van der Waals surface area (Å²) in [6, 6.07) is 5.89. The van der Waals surface area contributed by atoms with Crippen molar-refractivity contribution in [3.63, 3.8) is 0 Å². The van der Waals surface area contributed by atoms with Gasteiger partial charge in [0, 0.05) is 49.0 Å². The number of sulfonamides is 1. The lowest BCUT2D eigenvalue weighted by Crippen LogP contribution is -2.35. The Bertz CT molecular complexity index is 1250. The Balaban J connectivity index is 1.59. The molecule has 31 heavy (non-hydrogen) atoms. The summed E-state index contributed by atoms with van der Waals surface area (Å²) < 4.78 is 49.6. The quantitative estimate of drug-likeness (QED) is 0.564. The maximum Gasteiger partial charge on any atom is 0.246 e. The topological polar surface area (TPSA) is 64.4 Å². The normalized spacial score (nSPS) is 15.5. The number of ether oxygens (including phenoxy) is 1. The van der Waals surface area contributed by atoms with Crippen molar-refractivity contribution >= 4 is 26.5 Å². The summed E-state index contributed by atoms with van der Waals surface area (Å²) in [4.78, 5) is 3.89. The van der Waals surface area contributed by atoms with E-state index >= 15 is 0 Å². The fourth-order valence-electron chi connectivity index (χ4n) is 3.94. The molecule has 1 aliphatic rings. The second-order valence-corrected chi connectivity index (χ2v) is 9.73. The van der Waals surface area contributed by atoms with Gasteiger partial charge in [-0.3, -0.25) is 4.98 Å². The van der Waals surface area contributed by atoms with E-state index in [2.05, 4.69) is 22.7 Å². The van der Waals surface area contributed by atoms with Gasteiger partial charge in [0.1, 0.15) is 16.5 Å². The van der Waals surface area contributed by atoms with Crippen molar-refractivity contribution in [2.24, 2.45) is 0 Å². The predicted molar refractivity (Wildman–Crippen MR) is 119 cm³/mol. The van der Waals surface area contributed by atoms with Gasteiger partial charge in [0.2, 0.25) is 10.0 Å². The van der Waals surface area contributed by atoms with Gasteiger partial charge in [0.15, 0.2) is 0 Å². The molecule has 0 saturated carbocycles. The molecule has 1 aromatic carbocycles. The highest BCUT2D eigenvalue weighted by Crippen LogP contribution is 2.32. The van der Waals surface area contributed by atoms with Gasteiger partial charge in [-0.2, -0.15) is 4.31 Å². The summed E-state index contributed by atoms with van der Waals surface area (Å²) in [5.41, 5.74) is 3.25. The first-order valence-electron chi connectivity index (χ1n) is 10.4. The van der Waals surface area contributed by atoms with Crippen LogP contribution in [0.3, 0.4) is 0 Å². The number of fused-ring (bicyclic) bond motifs is 1. The lowest BCUT2D eigenvalue weighted by atomic mass is 10.0. The highest BCUT2D eigenvalue weighted by molar-refractivity contribution is 7.89. The summed E-state index contributed by atoms with van der Waals surface area (Å²) in [7, 11) is -3.94. The van der Waals surface area contributed by atoms with Crippen LogP contribution in [0.1, 0.15) is 32.8 Å². The van der Waals surface area contributed by atoms with Crippen LogP contribution < -0.4 is 4.74 Å². The number of hydrogen-bond acceptors (Lipinski definition) is 4. The molecule has 0 saturated heterocycles. The molecule has 0 atom stereocenters.